The second kappa shape index (κ2) is 6.33. The topological polar surface area (TPSA) is 56.7 Å². The Morgan fingerprint density at radius 1 is 0.952 bits per heavy atom. The molecule has 2 N–H and O–H groups in total. The van der Waals surface area contributed by atoms with Gasteiger partial charge in [-0.25, -0.2) is 0 Å². The SMILES string of the molecule is NC(CCc1ccccc1)c1cnn(-c2ccccc2)n1. The normalized spacial score (nSPS) is 12.2. The van der Waals surface area contributed by atoms with E-state index in [1.54, 1.807) is 11.0 Å². The Balaban J connectivity index is 1.66. The molecule has 0 spiro atoms. The maximum atomic E-state index is 6.22. The highest BCUT2D eigenvalue weighted by atomic mass is 15.5. The predicted octanol–water partition coefficient (Wildman–Crippen LogP) is 2.90. The first-order chi connectivity index (χ1) is 10.3. The van der Waals surface area contributed by atoms with E-state index < -0.39 is 0 Å². The first-order valence-electron chi connectivity index (χ1n) is 7.10. The molecule has 4 heteroatoms. The van der Waals surface area contributed by atoms with Crippen LogP contribution in [0.1, 0.15) is 23.7 Å². The van der Waals surface area contributed by atoms with Crippen molar-refractivity contribution in [1.29, 1.82) is 0 Å². The molecular formula is C17H18N4. The van der Waals surface area contributed by atoms with E-state index in [4.69, 9.17) is 5.73 Å². The molecule has 3 aromatic rings. The summed E-state index contributed by atoms with van der Waals surface area (Å²) in [6.45, 7) is 0. The van der Waals surface area contributed by atoms with E-state index in [1.165, 1.54) is 5.56 Å². The van der Waals surface area contributed by atoms with Gasteiger partial charge in [-0.15, -0.1) is 0 Å². The molecule has 0 saturated heterocycles. The van der Waals surface area contributed by atoms with Gasteiger partial charge in [-0.05, 0) is 30.5 Å². The predicted molar refractivity (Wildman–Crippen MR) is 83.1 cm³/mol. The van der Waals surface area contributed by atoms with Crippen molar-refractivity contribution in [2.75, 3.05) is 0 Å². The van der Waals surface area contributed by atoms with Gasteiger partial charge >= 0.3 is 0 Å². The number of hydrogen-bond donors (Lipinski definition) is 1. The fourth-order valence-corrected chi connectivity index (χ4v) is 2.25. The van der Waals surface area contributed by atoms with E-state index in [1.807, 2.05) is 48.5 Å². The van der Waals surface area contributed by atoms with Gasteiger partial charge in [0.05, 0.1) is 23.6 Å². The van der Waals surface area contributed by atoms with Crippen LogP contribution in [-0.2, 0) is 6.42 Å². The molecule has 21 heavy (non-hydrogen) atoms. The lowest BCUT2D eigenvalue weighted by atomic mass is 10.0. The number of hydrogen-bond acceptors (Lipinski definition) is 3. The van der Waals surface area contributed by atoms with Gasteiger partial charge in [0, 0.05) is 0 Å². The molecule has 1 aromatic heterocycles. The summed E-state index contributed by atoms with van der Waals surface area (Å²) in [5.74, 6) is 0. The number of aryl methyl sites for hydroxylation is 1. The van der Waals surface area contributed by atoms with Gasteiger partial charge in [-0.3, -0.25) is 0 Å². The Kier molecular flexibility index (Phi) is 4.07. The van der Waals surface area contributed by atoms with Crippen LogP contribution >= 0.6 is 0 Å². The average molecular weight is 278 g/mol. The summed E-state index contributed by atoms with van der Waals surface area (Å²) in [5.41, 5.74) is 9.29. The second-order valence-electron chi connectivity index (χ2n) is 5.03. The van der Waals surface area contributed by atoms with Crippen molar-refractivity contribution in [3.05, 3.63) is 78.1 Å². The molecule has 0 bridgehead atoms. The molecule has 0 aliphatic carbocycles. The van der Waals surface area contributed by atoms with Crippen LogP contribution < -0.4 is 5.73 Å². The molecule has 1 heterocycles. The highest BCUT2D eigenvalue weighted by molar-refractivity contribution is 5.28. The monoisotopic (exact) mass is 278 g/mol. The van der Waals surface area contributed by atoms with Gasteiger partial charge in [-0.2, -0.15) is 15.0 Å². The molecular weight excluding hydrogens is 260 g/mol. The van der Waals surface area contributed by atoms with Gasteiger partial charge < -0.3 is 5.73 Å². The average Bonchev–Trinajstić information content (AvgIpc) is 3.04. The van der Waals surface area contributed by atoms with E-state index in [0.29, 0.717) is 0 Å². The zero-order valence-corrected chi connectivity index (χ0v) is 11.8. The van der Waals surface area contributed by atoms with Gasteiger partial charge in [0.1, 0.15) is 0 Å². The van der Waals surface area contributed by atoms with E-state index in [-0.39, 0.29) is 6.04 Å². The van der Waals surface area contributed by atoms with Crippen LogP contribution in [0.3, 0.4) is 0 Å². The second-order valence-corrected chi connectivity index (χ2v) is 5.03. The molecule has 3 rings (SSSR count). The number of rotatable bonds is 5. The highest BCUT2D eigenvalue weighted by Gasteiger charge is 2.11. The van der Waals surface area contributed by atoms with Crippen LogP contribution in [0.4, 0.5) is 0 Å². The summed E-state index contributed by atoms with van der Waals surface area (Å²) in [5, 5.41) is 8.76. The summed E-state index contributed by atoms with van der Waals surface area (Å²) in [7, 11) is 0. The molecule has 0 aliphatic rings. The standard InChI is InChI=1S/C17H18N4/c18-16(12-11-14-7-3-1-4-8-14)17-13-19-21(20-17)15-9-5-2-6-10-15/h1-10,13,16H,11-12,18H2. The van der Waals surface area contributed by atoms with E-state index >= 15 is 0 Å². The van der Waals surface area contributed by atoms with Crippen molar-refractivity contribution in [2.24, 2.45) is 5.73 Å². The Morgan fingerprint density at radius 3 is 2.33 bits per heavy atom. The molecule has 2 aromatic carbocycles. The van der Waals surface area contributed by atoms with Crippen LogP contribution in [0, 0.1) is 0 Å². The highest BCUT2D eigenvalue weighted by Crippen LogP contribution is 2.15. The van der Waals surface area contributed by atoms with Crippen molar-refractivity contribution < 1.29 is 0 Å². The molecule has 106 valence electrons. The first-order valence-corrected chi connectivity index (χ1v) is 7.10. The Labute approximate surface area is 124 Å². The Hall–Kier alpha value is -2.46. The van der Waals surface area contributed by atoms with Crippen molar-refractivity contribution in [3.63, 3.8) is 0 Å². The molecule has 0 fully saturated rings. The molecule has 1 unspecified atom stereocenters. The summed E-state index contributed by atoms with van der Waals surface area (Å²) in [4.78, 5) is 1.62. The summed E-state index contributed by atoms with van der Waals surface area (Å²) in [6, 6.07) is 20.1. The fourth-order valence-electron chi connectivity index (χ4n) is 2.25. The number of aromatic nitrogens is 3. The minimum Gasteiger partial charge on any atom is -0.323 e. The van der Waals surface area contributed by atoms with Crippen molar-refractivity contribution in [3.8, 4) is 5.69 Å². The van der Waals surface area contributed by atoms with Crippen molar-refractivity contribution >= 4 is 0 Å². The smallest absolute Gasteiger partial charge is 0.0998 e. The largest absolute Gasteiger partial charge is 0.323 e. The third-order valence-electron chi connectivity index (χ3n) is 3.46. The first kappa shape index (κ1) is 13.5. The lowest BCUT2D eigenvalue weighted by Gasteiger charge is -2.08. The molecule has 0 saturated carbocycles. The molecule has 1 atom stereocenters. The van der Waals surface area contributed by atoms with Gasteiger partial charge in [0.2, 0.25) is 0 Å². The van der Waals surface area contributed by atoms with Crippen LogP contribution in [0.2, 0.25) is 0 Å². The van der Waals surface area contributed by atoms with Gasteiger partial charge in [0.15, 0.2) is 0 Å². The Bertz CT molecular complexity index is 676. The van der Waals surface area contributed by atoms with Gasteiger partial charge in [-0.1, -0.05) is 48.5 Å². The number of para-hydroxylation sites is 1. The third-order valence-corrected chi connectivity index (χ3v) is 3.46. The number of nitrogens with two attached hydrogens (primary N) is 1. The van der Waals surface area contributed by atoms with Crippen molar-refractivity contribution in [1.82, 2.24) is 15.0 Å². The maximum Gasteiger partial charge on any atom is 0.0998 e. The lowest BCUT2D eigenvalue weighted by Crippen LogP contribution is -2.12. The molecule has 4 nitrogen and oxygen atoms in total. The van der Waals surface area contributed by atoms with Crippen LogP contribution in [0.25, 0.3) is 5.69 Å². The number of benzene rings is 2. The Morgan fingerprint density at radius 2 is 1.62 bits per heavy atom. The zero-order valence-electron chi connectivity index (χ0n) is 11.8. The summed E-state index contributed by atoms with van der Waals surface area (Å²) >= 11 is 0. The van der Waals surface area contributed by atoms with Crippen LogP contribution in [0.5, 0.6) is 0 Å². The lowest BCUT2D eigenvalue weighted by molar-refractivity contribution is 0.619. The molecule has 0 aliphatic heterocycles. The summed E-state index contributed by atoms with van der Waals surface area (Å²) < 4.78 is 0. The minimum atomic E-state index is -0.0948. The van der Waals surface area contributed by atoms with E-state index in [2.05, 4.69) is 22.3 Å². The summed E-state index contributed by atoms with van der Waals surface area (Å²) in [6.07, 6.45) is 3.56. The van der Waals surface area contributed by atoms with Crippen LogP contribution in [0.15, 0.2) is 66.9 Å². The third kappa shape index (κ3) is 3.35. The number of nitrogens with zero attached hydrogens (tertiary/aromatic N) is 3. The zero-order chi connectivity index (χ0) is 14.5. The quantitative estimate of drug-likeness (QED) is 0.780. The van der Waals surface area contributed by atoms with Crippen LogP contribution in [-0.4, -0.2) is 15.0 Å². The maximum absolute atomic E-state index is 6.22. The fraction of sp³-hybridized carbons (Fsp3) is 0.176. The van der Waals surface area contributed by atoms with Gasteiger partial charge in [0.25, 0.3) is 0 Å². The van der Waals surface area contributed by atoms with E-state index in [9.17, 15) is 0 Å². The van der Waals surface area contributed by atoms with E-state index in [0.717, 1.165) is 24.2 Å². The molecule has 0 radical (unpaired) electrons. The minimum absolute atomic E-state index is 0.0948. The van der Waals surface area contributed by atoms with Crippen molar-refractivity contribution in [2.45, 2.75) is 18.9 Å². The molecule has 0 amide bonds.